The van der Waals surface area contributed by atoms with Gasteiger partial charge in [0.15, 0.2) is 5.96 Å². The Labute approximate surface area is 158 Å². The van der Waals surface area contributed by atoms with Crippen LogP contribution >= 0.6 is 0 Å². The van der Waals surface area contributed by atoms with Crippen molar-refractivity contribution >= 4 is 11.9 Å². The number of nitrogens with zero attached hydrogens (tertiary/aromatic N) is 3. The molecule has 0 saturated heterocycles. The van der Waals surface area contributed by atoms with E-state index in [4.69, 9.17) is 9.47 Å². The standard InChI is InChI=1S/C19H23N5O3/c1-2-26-17(25)8-5-15-9-10-22-19(24-15)27-16-6-3-14(4-7-16)13-23-18-20-11-12-21-18/h3-4,6-7,9-10H,2,5,8,11-13H2,1H3,(H2,20,21,23). The van der Waals surface area contributed by atoms with E-state index in [1.54, 1.807) is 19.2 Å². The molecule has 0 unspecified atom stereocenters. The van der Waals surface area contributed by atoms with Gasteiger partial charge in [-0.05, 0) is 30.7 Å². The second-order valence-electron chi connectivity index (χ2n) is 5.89. The Bertz CT molecular complexity index is 792. The van der Waals surface area contributed by atoms with E-state index < -0.39 is 0 Å². The first-order chi connectivity index (χ1) is 13.2. The predicted octanol–water partition coefficient (Wildman–Crippen LogP) is 1.81. The molecule has 0 radical (unpaired) electrons. The van der Waals surface area contributed by atoms with Crippen LogP contribution in [0.3, 0.4) is 0 Å². The van der Waals surface area contributed by atoms with E-state index in [-0.39, 0.29) is 18.4 Å². The number of ether oxygens (including phenoxy) is 2. The number of hydrogen-bond donors (Lipinski definition) is 2. The number of carbonyl (C=O) groups is 1. The van der Waals surface area contributed by atoms with E-state index in [9.17, 15) is 4.79 Å². The van der Waals surface area contributed by atoms with Gasteiger partial charge in [-0.15, -0.1) is 0 Å². The van der Waals surface area contributed by atoms with Gasteiger partial charge in [0.2, 0.25) is 0 Å². The molecule has 0 bridgehead atoms. The SMILES string of the molecule is CCOC(=O)CCc1ccnc(Oc2ccc(CNC3=NCCN3)cc2)n1. The molecule has 0 fully saturated rings. The van der Waals surface area contributed by atoms with Gasteiger partial charge in [-0.2, -0.15) is 4.98 Å². The van der Waals surface area contributed by atoms with E-state index in [2.05, 4.69) is 25.6 Å². The van der Waals surface area contributed by atoms with Crippen LogP contribution in [0.5, 0.6) is 11.8 Å². The highest BCUT2D eigenvalue weighted by Gasteiger charge is 2.07. The predicted molar refractivity (Wildman–Crippen MR) is 101 cm³/mol. The smallest absolute Gasteiger partial charge is 0.322 e. The average Bonchev–Trinajstić information content (AvgIpc) is 3.20. The number of nitrogens with one attached hydrogen (secondary N) is 2. The summed E-state index contributed by atoms with van der Waals surface area (Å²) in [6.45, 7) is 4.55. The van der Waals surface area contributed by atoms with Crippen molar-refractivity contribution in [3.8, 4) is 11.8 Å². The molecule has 3 rings (SSSR count). The summed E-state index contributed by atoms with van der Waals surface area (Å²) in [6.07, 6.45) is 2.39. The summed E-state index contributed by atoms with van der Waals surface area (Å²) in [5.41, 5.74) is 1.85. The molecule has 1 aliphatic rings. The highest BCUT2D eigenvalue weighted by Crippen LogP contribution is 2.18. The molecule has 1 aliphatic heterocycles. The fourth-order valence-electron chi connectivity index (χ4n) is 2.51. The molecule has 1 aromatic heterocycles. The van der Waals surface area contributed by atoms with Crippen LogP contribution in [0.4, 0.5) is 0 Å². The zero-order chi connectivity index (χ0) is 18.9. The normalized spacial score (nSPS) is 12.9. The Hall–Kier alpha value is -3.16. The number of aryl methyl sites for hydroxylation is 1. The maximum Gasteiger partial charge on any atom is 0.322 e. The molecule has 0 amide bonds. The third-order valence-corrected chi connectivity index (χ3v) is 3.85. The first kappa shape index (κ1) is 18.6. The number of esters is 1. The summed E-state index contributed by atoms with van der Waals surface area (Å²) in [4.78, 5) is 24.2. The molecule has 8 nitrogen and oxygen atoms in total. The zero-order valence-corrected chi connectivity index (χ0v) is 15.3. The van der Waals surface area contributed by atoms with Crippen LogP contribution in [-0.2, 0) is 22.5 Å². The van der Waals surface area contributed by atoms with Crippen molar-refractivity contribution in [2.75, 3.05) is 19.7 Å². The van der Waals surface area contributed by atoms with Crippen LogP contribution in [0.25, 0.3) is 0 Å². The fraction of sp³-hybridized carbons (Fsp3) is 0.368. The van der Waals surface area contributed by atoms with E-state index >= 15 is 0 Å². The summed E-state index contributed by atoms with van der Waals surface area (Å²) >= 11 is 0. The highest BCUT2D eigenvalue weighted by molar-refractivity contribution is 5.81. The van der Waals surface area contributed by atoms with Gasteiger partial charge in [0.1, 0.15) is 5.75 Å². The number of benzene rings is 1. The summed E-state index contributed by atoms with van der Waals surface area (Å²) in [5, 5.41) is 6.41. The minimum absolute atomic E-state index is 0.235. The van der Waals surface area contributed by atoms with Gasteiger partial charge in [0.05, 0.1) is 19.6 Å². The largest absolute Gasteiger partial charge is 0.466 e. The lowest BCUT2D eigenvalue weighted by atomic mass is 10.2. The van der Waals surface area contributed by atoms with Crippen molar-refractivity contribution in [2.45, 2.75) is 26.3 Å². The number of rotatable bonds is 8. The van der Waals surface area contributed by atoms with E-state index in [0.29, 0.717) is 25.3 Å². The van der Waals surface area contributed by atoms with Gasteiger partial charge >= 0.3 is 12.0 Å². The maximum atomic E-state index is 11.4. The molecule has 2 heterocycles. The lowest BCUT2D eigenvalue weighted by Crippen LogP contribution is -2.33. The first-order valence-electron chi connectivity index (χ1n) is 8.99. The van der Waals surface area contributed by atoms with Gasteiger partial charge in [0, 0.05) is 31.4 Å². The molecule has 2 aromatic rings. The Balaban J connectivity index is 1.52. The number of aromatic nitrogens is 2. The molecule has 0 saturated carbocycles. The summed E-state index contributed by atoms with van der Waals surface area (Å²) < 4.78 is 10.6. The van der Waals surface area contributed by atoms with Crippen molar-refractivity contribution in [1.29, 1.82) is 0 Å². The van der Waals surface area contributed by atoms with Crippen molar-refractivity contribution in [1.82, 2.24) is 20.6 Å². The monoisotopic (exact) mass is 369 g/mol. The number of carbonyl (C=O) groups excluding carboxylic acids is 1. The molecular formula is C19H23N5O3. The van der Waals surface area contributed by atoms with E-state index in [0.717, 1.165) is 30.3 Å². The fourth-order valence-corrected chi connectivity index (χ4v) is 2.51. The van der Waals surface area contributed by atoms with Gasteiger partial charge in [-0.25, -0.2) is 4.98 Å². The van der Waals surface area contributed by atoms with E-state index in [1.165, 1.54) is 0 Å². The average molecular weight is 369 g/mol. The van der Waals surface area contributed by atoms with Crippen LogP contribution in [0, 0.1) is 0 Å². The Morgan fingerprint density at radius 2 is 2.11 bits per heavy atom. The molecule has 27 heavy (non-hydrogen) atoms. The summed E-state index contributed by atoms with van der Waals surface area (Å²) in [7, 11) is 0. The minimum Gasteiger partial charge on any atom is -0.466 e. The second-order valence-corrected chi connectivity index (χ2v) is 5.89. The van der Waals surface area contributed by atoms with Gasteiger partial charge in [0.25, 0.3) is 0 Å². The molecule has 142 valence electrons. The van der Waals surface area contributed by atoms with Crippen LogP contribution in [0.2, 0.25) is 0 Å². The Morgan fingerprint density at radius 3 is 2.85 bits per heavy atom. The number of hydrogen-bond acceptors (Lipinski definition) is 8. The van der Waals surface area contributed by atoms with Gasteiger partial charge < -0.3 is 20.1 Å². The second kappa shape index (κ2) is 9.51. The van der Waals surface area contributed by atoms with Crippen molar-refractivity contribution < 1.29 is 14.3 Å². The molecule has 2 N–H and O–H groups in total. The molecular weight excluding hydrogens is 346 g/mol. The van der Waals surface area contributed by atoms with Crippen molar-refractivity contribution in [3.05, 3.63) is 47.8 Å². The van der Waals surface area contributed by atoms with Crippen LogP contribution < -0.4 is 15.4 Å². The quantitative estimate of drug-likeness (QED) is 0.685. The first-order valence-corrected chi connectivity index (χ1v) is 8.99. The molecule has 8 heteroatoms. The maximum absolute atomic E-state index is 11.4. The summed E-state index contributed by atoms with van der Waals surface area (Å²) in [5.74, 6) is 1.25. The number of guanidine groups is 1. The third-order valence-electron chi connectivity index (χ3n) is 3.85. The van der Waals surface area contributed by atoms with E-state index in [1.807, 2.05) is 24.3 Å². The summed E-state index contributed by atoms with van der Waals surface area (Å²) in [6, 6.07) is 9.71. The molecule has 0 spiro atoms. The molecule has 0 atom stereocenters. The minimum atomic E-state index is -0.235. The Kier molecular flexibility index (Phi) is 6.56. The molecule has 1 aromatic carbocycles. The topological polar surface area (TPSA) is 97.7 Å². The lowest BCUT2D eigenvalue weighted by Gasteiger charge is -2.08. The lowest BCUT2D eigenvalue weighted by molar-refractivity contribution is -0.143. The van der Waals surface area contributed by atoms with Gasteiger partial charge in [-0.3, -0.25) is 9.79 Å². The van der Waals surface area contributed by atoms with Crippen molar-refractivity contribution in [3.63, 3.8) is 0 Å². The van der Waals surface area contributed by atoms with Gasteiger partial charge in [-0.1, -0.05) is 12.1 Å². The van der Waals surface area contributed by atoms with Crippen molar-refractivity contribution in [2.24, 2.45) is 4.99 Å². The third kappa shape index (κ3) is 5.95. The van der Waals surface area contributed by atoms with Crippen LogP contribution in [-0.4, -0.2) is 41.6 Å². The highest BCUT2D eigenvalue weighted by atomic mass is 16.5. The van der Waals surface area contributed by atoms with Crippen LogP contribution in [0.1, 0.15) is 24.6 Å². The number of aliphatic imine (C=N–C) groups is 1. The molecule has 0 aliphatic carbocycles. The Morgan fingerprint density at radius 1 is 1.26 bits per heavy atom. The zero-order valence-electron chi connectivity index (χ0n) is 15.3. The van der Waals surface area contributed by atoms with Crippen LogP contribution in [0.15, 0.2) is 41.5 Å².